The standard InChI is InChI=1S/C29H33Cl2N3O4S/c1-5-21(3)32-29(36)22(4)33(18-23-8-6-9-24(30)16-23)28(35)19-34(26-11-7-10-25(31)17-26)39(37,38)27-14-12-20(2)13-15-27/h6-17,21-22H,5,18-19H2,1-4H3,(H,32,36)/t21-,22+/m0/s1. The second kappa shape index (κ2) is 13.3. The van der Waals surface area contributed by atoms with Crippen LogP contribution in [0.4, 0.5) is 5.69 Å². The topological polar surface area (TPSA) is 86.8 Å². The SMILES string of the molecule is CC[C@H](C)NC(=O)[C@@H](C)N(Cc1cccc(Cl)c1)C(=O)CN(c1cccc(Cl)c1)S(=O)(=O)c1ccc(C)cc1. The van der Waals surface area contributed by atoms with Gasteiger partial charge in [-0.15, -0.1) is 0 Å². The van der Waals surface area contributed by atoms with Gasteiger partial charge in [-0.1, -0.05) is 66.0 Å². The summed E-state index contributed by atoms with van der Waals surface area (Å²) in [7, 11) is -4.16. The van der Waals surface area contributed by atoms with Crippen LogP contribution in [-0.2, 0) is 26.2 Å². The van der Waals surface area contributed by atoms with E-state index in [0.717, 1.165) is 16.3 Å². The van der Waals surface area contributed by atoms with Crippen molar-refractivity contribution in [2.45, 2.75) is 57.6 Å². The molecule has 39 heavy (non-hydrogen) atoms. The van der Waals surface area contributed by atoms with Crippen molar-refractivity contribution in [1.29, 1.82) is 0 Å². The van der Waals surface area contributed by atoms with Gasteiger partial charge in [0.05, 0.1) is 10.6 Å². The van der Waals surface area contributed by atoms with E-state index in [1.165, 1.54) is 23.1 Å². The quantitative estimate of drug-likeness (QED) is 0.305. The summed E-state index contributed by atoms with van der Waals surface area (Å²) in [6, 6.07) is 18.7. The first-order chi connectivity index (χ1) is 18.4. The minimum Gasteiger partial charge on any atom is -0.352 e. The van der Waals surface area contributed by atoms with Crippen LogP contribution in [0, 0.1) is 6.92 Å². The number of carbonyl (C=O) groups is 2. The molecule has 2 atom stereocenters. The molecule has 0 saturated carbocycles. The maximum absolute atomic E-state index is 13.9. The largest absolute Gasteiger partial charge is 0.352 e. The van der Waals surface area contributed by atoms with Crippen molar-refractivity contribution in [3.63, 3.8) is 0 Å². The molecule has 0 heterocycles. The Morgan fingerprint density at radius 3 is 2.13 bits per heavy atom. The fraction of sp³-hybridized carbons (Fsp3) is 0.310. The summed E-state index contributed by atoms with van der Waals surface area (Å²) >= 11 is 12.4. The zero-order chi connectivity index (χ0) is 28.7. The van der Waals surface area contributed by atoms with Crippen LogP contribution >= 0.6 is 23.2 Å². The first-order valence-electron chi connectivity index (χ1n) is 12.6. The van der Waals surface area contributed by atoms with Crippen molar-refractivity contribution in [3.8, 4) is 0 Å². The van der Waals surface area contributed by atoms with Gasteiger partial charge in [-0.25, -0.2) is 8.42 Å². The third-order valence-electron chi connectivity index (χ3n) is 6.39. The lowest BCUT2D eigenvalue weighted by atomic mass is 10.1. The number of amides is 2. The molecule has 0 fully saturated rings. The Labute approximate surface area is 240 Å². The lowest BCUT2D eigenvalue weighted by Crippen LogP contribution is -2.52. The van der Waals surface area contributed by atoms with E-state index in [1.807, 2.05) is 20.8 Å². The molecule has 2 amide bonds. The Morgan fingerprint density at radius 2 is 1.54 bits per heavy atom. The number of anilines is 1. The third kappa shape index (κ3) is 7.97. The fourth-order valence-electron chi connectivity index (χ4n) is 3.88. The van der Waals surface area contributed by atoms with Gasteiger partial charge in [-0.2, -0.15) is 0 Å². The molecule has 1 N–H and O–H groups in total. The van der Waals surface area contributed by atoms with E-state index in [9.17, 15) is 18.0 Å². The highest BCUT2D eigenvalue weighted by Gasteiger charge is 2.33. The van der Waals surface area contributed by atoms with Gasteiger partial charge in [-0.05, 0) is 75.2 Å². The molecule has 0 aliphatic heterocycles. The van der Waals surface area contributed by atoms with E-state index in [2.05, 4.69) is 5.32 Å². The van der Waals surface area contributed by atoms with E-state index in [4.69, 9.17) is 23.2 Å². The zero-order valence-electron chi connectivity index (χ0n) is 22.4. The Balaban J connectivity index is 2.03. The van der Waals surface area contributed by atoms with Crippen molar-refractivity contribution >= 4 is 50.7 Å². The third-order valence-corrected chi connectivity index (χ3v) is 8.65. The minimum atomic E-state index is -4.16. The Morgan fingerprint density at radius 1 is 0.923 bits per heavy atom. The van der Waals surface area contributed by atoms with Gasteiger partial charge in [0.1, 0.15) is 12.6 Å². The van der Waals surface area contributed by atoms with Crippen LogP contribution in [0.1, 0.15) is 38.3 Å². The molecule has 3 aromatic rings. The van der Waals surface area contributed by atoms with Crippen molar-refractivity contribution in [2.75, 3.05) is 10.8 Å². The van der Waals surface area contributed by atoms with Crippen LogP contribution in [0.3, 0.4) is 0 Å². The average molecular weight is 591 g/mol. The Kier molecular flexibility index (Phi) is 10.4. The molecule has 0 aliphatic rings. The normalized spacial score (nSPS) is 12.9. The highest BCUT2D eigenvalue weighted by molar-refractivity contribution is 7.92. The molecule has 3 aromatic carbocycles. The summed E-state index contributed by atoms with van der Waals surface area (Å²) < 4.78 is 28.7. The van der Waals surface area contributed by atoms with Crippen LogP contribution in [0.25, 0.3) is 0 Å². The van der Waals surface area contributed by atoms with E-state index < -0.39 is 28.5 Å². The number of hydrogen-bond donors (Lipinski definition) is 1. The molecule has 0 aliphatic carbocycles. The first-order valence-corrected chi connectivity index (χ1v) is 14.8. The molecule has 0 spiro atoms. The van der Waals surface area contributed by atoms with E-state index in [0.29, 0.717) is 15.6 Å². The number of hydrogen-bond acceptors (Lipinski definition) is 4. The molecule has 208 valence electrons. The van der Waals surface area contributed by atoms with Crippen molar-refractivity contribution < 1.29 is 18.0 Å². The number of carbonyl (C=O) groups excluding carboxylic acids is 2. The average Bonchev–Trinajstić information content (AvgIpc) is 2.89. The molecular formula is C29H33Cl2N3O4S. The second-order valence-electron chi connectivity index (χ2n) is 9.45. The summed E-state index contributed by atoms with van der Waals surface area (Å²) in [5.41, 5.74) is 1.83. The van der Waals surface area contributed by atoms with E-state index in [-0.39, 0.29) is 29.1 Å². The van der Waals surface area contributed by atoms with Crippen molar-refractivity contribution in [1.82, 2.24) is 10.2 Å². The lowest BCUT2D eigenvalue weighted by Gasteiger charge is -2.32. The van der Waals surface area contributed by atoms with Gasteiger partial charge < -0.3 is 10.2 Å². The lowest BCUT2D eigenvalue weighted by molar-refractivity contribution is -0.139. The number of nitrogens with zero attached hydrogens (tertiary/aromatic N) is 2. The van der Waals surface area contributed by atoms with E-state index >= 15 is 0 Å². The number of aryl methyl sites for hydroxylation is 1. The number of sulfonamides is 1. The van der Waals surface area contributed by atoms with Gasteiger partial charge >= 0.3 is 0 Å². The van der Waals surface area contributed by atoms with Gasteiger partial charge in [-0.3, -0.25) is 13.9 Å². The highest BCUT2D eigenvalue weighted by Crippen LogP contribution is 2.27. The molecule has 0 saturated heterocycles. The van der Waals surface area contributed by atoms with Gasteiger partial charge in [0.25, 0.3) is 10.0 Å². The number of benzene rings is 3. The highest BCUT2D eigenvalue weighted by atomic mass is 35.5. The molecule has 0 unspecified atom stereocenters. The Hall–Kier alpha value is -3.07. The van der Waals surface area contributed by atoms with Gasteiger partial charge in [0.2, 0.25) is 11.8 Å². The van der Waals surface area contributed by atoms with Crippen LogP contribution in [0.15, 0.2) is 77.7 Å². The predicted molar refractivity (Wildman–Crippen MR) is 157 cm³/mol. The summed E-state index contributed by atoms with van der Waals surface area (Å²) in [4.78, 5) is 28.4. The molecule has 10 heteroatoms. The minimum absolute atomic E-state index is 0.0322. The predicted octanol–water partition coefficient (Wildman–Crippen LogP) is 5.83. The van der Waals surface area contributed by atoms with Crippen LogP contribution in [0.2, 0.25) is 10.0 Å². The summed E-state index contributed by atoms with van der Waals surface area (Å²) in [5.74, 6) is -0.895. The Bertz CT molecular complexity index is 1410. The molecule has 0 bridgehead atoms. The van der Waals surface area contributed by atoms with Gasteiger partial charge in [0.15, 0.2) is 0 Å². The van der Waals surface area contributed by atoms with Crippen molar-refractivity contribution in [3.05, 3.63) is 94.0 Å². The molecule has 3 rings (SSSR count). The fourth-order valence-corrected chi connectivity index (χ4v) is 5.68. The summed E-state index contributed by atoms with van der Waals surface area (Å²) in [6.45, 7) is 6.82. The van der Waals surface area contributed by atoms with E-state index in [1.54, 1.807) is 61.5 Å². The summed E-state index contributed by atoms with van der Waals surface area (Å²) in [5, 5.41) is 3.71. The van der Waals surface area contributed by atoms with Crippen LogP contribution in [0.5, 0.6) is 0 Å². The second-order valence-corrected chi connectivity index (χ2v) is 12.2. The van der Waals surface area contributed by atoms with Crippen molar-refractivity contribution in [2.24, 2.45) is 0 Å². The maximum atomic E-state index is 13.9. The number of halogens is 2. The van der Waals surface area contributed by atoms with Crippen LogP contribution < -0.4 is 9.62 Å². The monoisotopic (exact) mass is 589 g/mol. The zero-order valence-corrected chi connectivity index (χ0v) is 24.7. The molecule has 0 aromatic heterocycles. The maximum Gasteiger partial charge on any atom is 0.264 e. The van der Waals surface area contributed by atoms with Gasteiger partial charge in [0, 0.05) is 22.6 Å². The first kappa shape index (κ1) is 30.5. The molecule has 7 nitrogen and oxygen atoms in total. The number of rotatable bonds is 11. The molecular weight excluding hydrogens is 557 g/mol. The number of nitrogens with one attached hydrogen (secondary N) is 1. The van der Waals surface area contributed by atoms with Crippen LogP contribution in [-0.4, -0.2) is 43.8 Å². The summed E-state index contributed by atoms with van der Waals surface area (Å²) in [6.07, 6.45) is 0.720. The smallest absolute Gasteiger partial charge is 0.264 e. The molecule has 0 radical (unpaired) electrons.